The number of rotatable bonds is 5. The van der Waals surface area contributed by atoms with Crippen LogP contribution in [0.3, 0.4) is 0 Å². The maximum atomic E-state index is 5.51. The van der Waals surface area contributed by atoms with Gasteiger partial charge in [-0.2, -0.15) is 4.98 Å². The number of nitrogens with zero attached hydrogens (tertiary/aromatic N) is 3. The molecule has 0 aliphatic carbocycles. The molecule has 0 fully saturated rings. The zero-order valence-electron chi connectivity index (χ0n) is 10.7. The molecular weight excluding hydrogens is 248 g/mol. The molecule has 96 valence electrons. The number of hydrogen-bond acceptors (Lipinski definition) is 6. The molecule has 6 heteroatoms. The summed E-state index contributed by atoms with van der Waals surface area (Å²) in [5.41, 5.74) is 1.04. The van der Waals surface area contributed by atoms with Crippen LogP contribution in [0, 0.1) is 6.92 Å². The highest BCUT2D eigenvalue weighted by Gasteiger charge is 2.03. The lowest BCUT2D eigenvalue weighted by Gasteiger charge is -2.09. The Hall–Kier alpha value is -1.69. The highest BCUT2D eigenvalue weighted by molar-refractivity contribution is 7.09. The minimum Gasteiger partial charge on any atom is -0.475 e. The van der Waals surface area contributed by atoms with Gasteiger partial charge in [-0.1, -0.05) is 0 Å². The van der Waals surface area contributed by atoms with Crippen LogP contribution < -0.4 is 10.1 Å². The lowest BCUT2D eigenvalue weighted by atomic mass is 10.5. The molecule has 0 aliphatic rings. The van der Waals surface area contributed by atoms with Crippen molar-refractivity contribution in [3.8, 4) is 5.88 Å². The molecule has 0 aromatic carbocycles. The Labute approximate surface area is 110 Å². The fraction of sp³-hybridized carbons (Fsp3) is 0.417. The van der Waals surface area contributed by atoms with E-state index in [0.29, 0.717) is 18.4 Å². The highest BCUT2D eigenvalue weighted by atomic mass is 32.1. The SMILES string of the molecule is Cc1csc(CNc2nccc(OC(C)C)n2)n1. The molecule has 2 heterocycles. The maximum absolute atomic E-state index is 5.51. The second kappa shape index (κ2) is 5.77. The Kier molecular flexibility index (Phi) is 4.09. The van der Waals surface area contributed by atoms with Crippen molar-refractivity contribution in [2.45, 2.75) is 33.4 Å². The fourth-order valence-electron chi connectivity index (χ4n) is 1.37. The molecule has 2 aromatic rings. The van der Waals surface area contributed by atoms with Crippen molar-refractivity contribution >= 4 is 17.3 Å². The smallest absolute Gasteiger partial charge is 0.226 e. The van der Waals surface area contributed by atoms with Gasteiger partial charge in [-0.3, -0.25) is 0 Å². The first-order valence-electron chi connectivity index (χ1n) is 5.78. The molecule has 18 heavy (non-hydrogen) atoms. The fourth-order valence-corrected chi connectivity index (χ4v) is 2.08. The van der Waals surface area contributed by atoms with Crippen molar-refractivity contribution < 1.29 is 4.74 Å². The Bertz CT molecular complexity index is 512. The third kappa shape index (κ3) is 3.66. The average Bonchev–Trinajstić information content (AvgIpc) is 2.72. The number of ether oxygens (including phenoxy) is 1. The van der Waals surface area contributed by atoms with Crippen molar-refractivity contribution in [1.82, 2.24) is 15.0 Å². The van der Waals surface area contributed by atoms with E-state index < -0.39 is 0 Å². The summed E-state index contributed by atoms with van der Waals surface area (Å²) in [6, 6.07) is 1.75. The van der Waals surface area contributed by atoms with Gasteiger partial charge in [0.2, 0.25) is 11.8 Å². The summed E-state index contributed by atoms with van der Waals surface area (Å²) in [5, 5.41) is 6.18. The van der Waals surface area contributed by atoms with Crippen LogP contribution in [-0.2, 0) is 6.54 Å². The largest absolute Gasteiger partial charge is 0.475 e. The second-order valence-corrected chi connectivity index (χ2v) is 5.06. The number of anilines is 1. The molecule has 0 saturated heterocycles. The van der Waals surface area contributed by atoms with E-state index in [-0.39, 0.29) is 6.10 Å². The van der Waals surface area contributed by atoms with Crippen LogP contribution >= 0.6 is 11.3 Å². The number of thiazole rings is 1. The number of aromatic nitrogens is 3. The minimum absolute atomic E-state index is 0.106. The molecule has 2 rings (SSSR count). The van der Waals surface area contributed by atoms with E-state index >= 15 is 0 Å². The van der Waals surface area contributed by atoms with Gasteiger partial charge in [0.05, 0.1) is 12.6 Å². The van der Waals surface area contributed by atoms with Crippen LogP contribution in [0.15, 0.2) is 17.6 Å². The van der Waals surface area contributed by atoms with Crippen LogP contribution in [0.4, 0.5) is 5.95 Å². The van der Waals surface area contributed by atoms with Crippen molar-refractivity contribution in [2.24, 2.45) is 0 Å². The minimum atomic E-state index is 0.106. The van der Waals surface area contributed by atoms with Gasteiger partial charge in [0.1, 0.15) is 5.01 Å². The molecule has 5 nitrogen and oxygen atoms in total. The summed E-state index contributed by atoms with van der Waals surface area (Å²) in [5.74, 6) is 1.14. The molecule has 1 N–H and O–H groups in total. The zero-order chi connectivity index (χ0) is 13.0. The first kappa shape index (κ1) is 12.8. The first-order valence-corrected chi connectivity index (χ1v) is 6.66. The summed E-state index contributed by atoms with van der Waals surface area (Å²) in [7, 11) is 0. The summed E-state index contributed by atoms with van der Waals surface area (Å²) in [6.45, 7) is 6.54. The van der Waals surface area contributed by atoms with Gasteiger partial charge in [-0.05, 0) is 20.8 Å². The Morgan fingerprint density at radius 2 is 2.22 bits per heavy atom. The predicted octanol–water partition coefficient (Wildman–Crippen LogP) is 2.64. The summed E-state index contributed by atoms with van der Waals surface area (Å²) in [6.07, 6.45) is 1.79. The van der Waals surface area contributed by atoms with Crippen LogP contribution in [0.2, 0.25) is 0 Å². The number of aryl methyl sites for hydroxylation is 1. The van der Waals surface area contributed by atoms with Crippen molar-refractivity contribution in [1.29, 1.82) is 0 Å². The van der Waals surface area contributed by atoms with Crippen LogP contribution in [-0.4, -0.2) is 21.1 Å². The molecule has 0 spiro atoms. The third-order valence-corrected chi connectivity index (χ3v) is 3.02. The molecule has 0 bridgehead atoms. The van der Waals surface area contributed by atoms with E-state index in [9.17, 15) is 0 Å². The molecule has 0 atom stereocenters. The topological polar surface area (TPSA) is 59.9 Å². The van der Waals surface area contributed by atoms with Gasteiger partial charge < -0.3 is 10.1 Å². The lowest BCUT2D eigenvalue weighted by molar-refractivity contribution is 0.232. The van der Waals surface area contributed by atoms with E-state index in [1.807, 2.05) is 26.2 Å². The van der Waals surface area contributed by atoms with Gasteiger partial charge in [-0.25, -0.2) is 9.97 Å². The highest BCUT2D eigenvalue weighted by Crippen LogP contribution is 2.13. The van der Waals surface area contributed by atoms with Gasteiger partial charge in [0, 0.05) is 23.3 Å². The van der Waals surface area contributed by atoms with E-state index in [1.165, 1.54) is 0 Å². The Balaban J connectivity index is 1.96. The first-order chi connectivity index (χ1) is 8.63. The normalized spacial score (nSPS) is 10.7. The summed E-state index contributed by atoms with van der Waals surface area (Å²) in [4.78, 5) is 12.8. The molecular formula is C12H16N4OS. The van der Waals surface area contributed by atoms with E-state index in [2.05, 4.69) is 20.3 Å². The van der Waals surface area contributed by atoms with Crippen LogP contribution in [0.25, 0.3) is 0 Å². The Morgan fingerprint density at radius 3 is 2.89 bits per heavy atom. The van der Waals surface area contributed by atoms with Crippen LogP contribution in [0.1, 0.15) is 24.5 Å². The standard InChI is InChI=1S/C12H16N4OS/c1-8(2)17-10-4-5-13-12(16-10)14-6-11-15-9(3)7-18-11/h4-5,7-8H,6H2,1-3H3,(H,13,14,16). The van der Waals surface area contributed by atoms with Gasteiger partial charge >= 0.3 is 0 Å². The predicted molar refractivity (Wildman–Crippen MR) is 72.0 cm³/mol. The van der Waals surface area contributed by atoms with Gasteiger partial charge in [0.15, 0.2) is 0 Å². The van der Waals surface area contributed by atoms with Gasteiger partial charge in [0.25, 0.3) is 0 Å². The second-order valence-electron chi connectivity index (χ2n) is 4.12. The van der Waals surface area contributed by atoms with E-state index in [4.69, 9.17) is 4.74 Å². The zero-order valence-corrected chi connectivity index (χ0v) is 11.5. The molecule has 0 aliphatic heterocycles. The van der Waals surface area contributed by atoms with Crippen molar-refractivity contribution in [3.05, 3.63) is 28.3 Å². The summed E-state index contributed by atoms with van der Waals surface area (Å²) < 4.78 is 5.51. The van der Waals surface area contributed by atoms with Crippen LogP contribution in [0.5, 0.6) is 5.88 Å². The Morgan fingerprint density at radius 1 is 1.39 bits per heavy atom. The lowest BCUT2D eigenvalue weighted by Crippen LogP contribution is -2.09. The summed E-state index contributed by atoms with van der Waals surface area (Å²) >= 11 is 1.62. The quantitative estimate of drug-likeness (QED) is 0.899. The van der Waals surface area contributed by atoms with Gasteiger partial charge in [-0.15, -0.1) is 11.3 Å². The molecule has 0 saturated carbocycles. The average molecular weight is 264 g/mol. The van der Waals surface area contributed by atoms with E-state index in [0.717, 1.165) is 10.7 Å². The van der Waals surface area contributed by atoms with E-state index in [1.54, 1.807) is 23.6 Å². The monoisotopic (exact) mass is 264 g/mol. The molecule has 0 unspecified atom stereocenters. The third-order valence-electron chi connectivity index (χ3n) is 2.05. The maximum Gasteiger partial charge on any atom is 0.226 e. The van der Waals surface area contributed by atoms with Crippen molar-refractivity contribution in [2.75, 3.05) is 5.32 Å². The number of nitrogens with one attached hydrogen (secondary N) is 1. The molecule has 0 amide bonds. The number of hydrogen-bond donors (Lipinski definition) is 1. The van der Waals surface area contributed by atoms with Crippen molar-refractivity contribution in [3.63, 3.8) is 0 Å². The molecule has 2 aromatic heterocycles. The molecule has 0 radical (unpaired) electrons.